The molecular formula is C14H19N3O3. The van der Waals surface area contributed by atoms with Crippen LogP contribution in [0, 0.1) is 16.0 Å². The van der Waals surface area contributed by atoms with Gasteiger partial charge in [-0.3, -0.25) is 10.1 Å². The Labute approximate surface area is 117 Å². The number of nitro groups is 1. The number of nitrogens with one attached hydrogen (secondary N) is 1. The summed E-state index contributed by atoms with van der Waals surface area (Å²) in [4.78, 5) is 10.2. The minimum atomic E-state index is -0.494. The number of hydrogen-bond acceptors (Lipinski definition) is 5. The summed E-state index contributed by atoms with van der Waals surface area (Å²) in [6.45, 7) is 0.812. The predicted molar refractivity (Wildman–Crippen MR) is 76.9 cm³/mol. The average Bonchev–Trinajstić information content (AvgIpc) is 2.46. The second-order valence-electron chi connectivity index (χ2n) is 5.12. The van der Waals surface area contributed by atoms with E-state index in [9.17, 15) is 15.2 Å². The molecule has 20 heavy (non-hydrogen) atoms. The van der Waals surface area contributed by atoms with Gasteiger partial charge in [-0.05, 0) is 24.8 Å². The van der Waals surface area contributed by atoms with Gasteiger partial charge >= 0.3 is 0 Å². The van der Waals surface area contributed by atoms with Gasteiger partial charge in [0.15, 0.2) is 0 Å². The van der Waals surface area contributed by atoms with E-state index in [0.29, 0.717) is 11.5 Å². The molecule has 0 aliphatic heterocycles. The summed E-state index contributed by atoms with van der Waals surface area (Å²) in [6.07, 6.45) is 7.76. The summed E-state index contributed by atoms with van der Waals surface area (Å²) in [5.41, 5.74) is 3.25. The van der Waals surface area contributed by atoms with Gasteiger partial charge in [0.1, 0.15) is 5.75 Å². The van der Waals surface area contributed by atoms with Crippen molar-refractivity contribution in [3.8, 4) is 5.75 Å². The fourth-order valence-electron chi connectivity index (χ4n) is 2.45. The largest absolute Gasteiger partial charge is 0.507 e. The van der Waals surface area contributed by atoms with Crippen LogP contribution in [0.25, 0.3) is 0 Å². The lowest BCUT2D eigenvalue weighted by Gasteiger charge is -2.20. The maximum atomic E-state index is 10.7. The van der Waals surface area contributed by atoms with Crippen molar-refractivity contribution < 1.29 is 10.0 Å². The fourth-order valence-corrected chi connectivity index (χ4v) is 2.45. The number of non-ortho nitro benzene ring substituents is 1. The van der Waals surface area contributed by atoms with Crippen molar-refractivity contribution in [3.63, 3.8) is 0 Å². The molecule has 1 aromatic carbocycles. The first kappa shape index (κ1) is 14.3. The van der Waals surface area contributed by atoms with Crippen LogP contribution in [0.15, 0.2) is 23.3 Å². The number of benzene rings is 1. The molecular weight excluding hydrogens is 258 g/mol. The Morgan fingerprint density at radius 2 is 2.15 bits per heavy atom. The fraction of sp³-hybridized carbons (Fsp3) is 0.500. The minimum absolute atomic E-state index is 0.0150. The summed E-state index contributed by atoms with van der Waals surface area (Å²) in [5, 5.41) is 24.3. The Balaban J connectivity index is 1.90. The molecule has 0 heterocycles. The standard InChI is InChI=1S/C14H19N3O3/c18-14-7-6-13(17(19)20)8-12(14)10-16-15-9-11-4-2-1-3-5-11/h6-8,10-11,15,18H,1-5,9H2/b16-10-. The number of aromatic hydroxyl groups is 1. The molecule has 0 atom stereocenters. The van der Waals surface area contributed by atoms with Crippen molar-refractivity contribution in [1.29, 1.82) is 0 Å². The van der Waals surface area contributed by atoms with Gasteiger partial charge in [0.2, 0.25) is 0 Å². The number of hydrazone groups is 1. The van der Waals surface area contributed by atoms with Gasteiger partial charge in [0.05, 0.1) is 11.1 Å². The van der Waals surface area contributed by atoms with Crippen LogP contribution in [-0.4, -0.2) is 22.8 Å². The van der Waals surface area contributed by atoms with E-state index >= 15 is 0 Å². The Morgan fingerprint density at radius 3 is 2.85 bits per heavy atom. The van der Waals surface area contributed by atoms with Crippen LogP contribution in [0.1, 0.15) is 37.7 Å². The number of nitrogens with zero attached hydrogens (tertiary/aromatic N) is 2. The third kappa shape index (κ3) is 3.94. The first-order valence-corrected chi connectivity index (χ1v) is 6.90. The summed E-state index contributed by atoms with van der Waals surface area (Å²) in [5.74, 6) is 0.637. The minimum Gasteiger partial charge on any atom is -0.507 e. The SMILES string of the molecule is O=[N+]([O-])c1ccc(O)c(/C=N\NCC2CCCCC2)c1. The van der Waals surface area contributed by atoms with Gasteiger partial charge in [0, 0.05) is 24.2 Å². The lowest BCUT2D eigenvalue weighted by molar-refractivity contribution is -0.384. The van der Waals surface area contributed by atoms with Crippen molar-refractivity contribution in [3.05, 3.63) is 33.9 Å². The van der Waals surface area contributed by atoms with Gasteiger partial charge in [-0.15, -0.1) is 0 Å². The molecule has 1 aromatic rings. The van der Waals surface area contributed by atoms with Crippen LogP contribution in [0.2, 0.25) is 0 Å². The van der Waals surface area contributed by atoms with E-state index in [2.05, 4.69) is 10.5 Å². The van der Waals surface area contributed by atoms with Crippen LogP contribution in [-0.2, 0) is 0 Å². The number of phenolic OH excluding ortho intramolecular Hbond substituents is 1. The molecule has 1 aliphatic rings. The molecule has 1 fully saturated rings. The van der Waals surface area contributed by atoms with Crippen molar-refractivity contribution in [2.75, 3.05) is 6.54 Å². The topological polar surface area (TPSA) is 87.8 Å². The highest BCUT2D eigenvalue weighted by molar-refractivity contribution is 5.84. The van der Waals surface area contributed by atoms with E-state index in [0.717, 1.165) is 6.54 Å². The maximum Gasteiger partial charge on any atom is 0.270 e. The van der Waals surface area contributed by atoms with Gasteiger partial charge in [-0.2, -0.15) is 5.10 Å². The van der Waals surface area contributed by atoms with E-state index in [4.69, 9.17) is 0 Å². The number of rotatable bonds is 5. The molecule has 0 saturated heterocycles. The molecule has 1 aliphatic carbocycles. The smallest absolute Gasteiger partial charge is 0.270 e. The Morgan fingerprint density at radius 1 is 1.40 bits per heavy atom. The number of phenols is 1. The van der Waals surface area contributed by atoms with Crippen molar-refractivity contribution in [1.82, 2.24) is 5.43 Å². The molecule has 0 amide bonds. The molecule has 0 radical (unpaired) electrons. The molecule has 0 unspecified atom stereocenters. The van der Waals surface area contributed by atoms with Crippen LogP contribution in [0.4, 0.5) is 5.69 Å². The van der Waals surface area contributed by atoms with Gasteiger partial charge in [-0.1, -0.05) is 19.3 Å². The zero-order chi connectivity index (χ0) is 14.4. The van der Waals surface area contributed by atoms with Crippen LogP contribution in [0.5, 0.6) is 5.75 Å². The average molecular weight is 277 g/mol. The first-order chi connectivity index (χ1) is 9.66. The van der Waals surface area contributed by atoms with Crippen molar-refractivity contribution >= 4 is 11.9 Å². The van der Waals surface area contributed by atoms with Crippen LogP contribution < -0.4 is 5.43 Å². The summed E-state index contributed by atoms with van der Waals surface area (Å²) in [6, 6.07) is 3.88. The normalized spacial score (nSPS) is 16.4. The second-order valence-corrected chi connectivity index (χ2v) is 5.12. The van der Waals surface area contributed by atoms with Crippen LogP contribution >= 0.6 is 0 Å². The highest BCUT2D eigenvalue weighted by Crippen LogP contribution is 2.23. The number of nitro benzene ring substituents is 1. The summed E-state index contributed by atoms with van der Waals surface area (Å²) < 4.78 is 0. The Kier molecular flexibility index (Phi) is 4.92. The van der Waals surface area contributed by atoms with E-state index in [1.165, 1.54) is 56.5 Å². The van der Waals surface area contributed by atoms with Crippen LogP contribution in [0.3, 0.4) is 0 Å². The zero-order valence-electron chi connectivity index (χ0n) is 11.3. The second kappa shape index (κ2) is 6.88. The predicted octanol–water partition coefficient (Wildman–Crippen LogP) is 2.80. The molecule has 0 spiro atoms. The quantitative estimate of drug-likeness (QED) is 0.492. The molecule has 2 N–H and O–H groups in total. The molecule has 1 saturated carbocycles. The van der Waals surface area contributed by atoms with E-state index in [-0.39, 0.29) is 11.4 Å². The molecule has 6 heteroatoms. The molecule has 0 aromatic heterocycles. The van der Waals surface area contributed by atoms with Gasteiger partial charge in [0.25, 0.3) is 5.69 Å². The number of hydrogen-bond donors (Lipinski definition) is 2. The monoisotopic (exact) mass is 277 g/mol. The van der Waals surface area contributed by atoms with E-state index in [1.54, 1.807) is 0 Å². The van der Waals surface area contributed by atoms with E-state index in [1.807, 2.05) is 0 Å². The third-order valence-corrected chi connectivity index (χ3v) is 3.62. The summed E-state index contributed by atoms with van der Waals surface area (Å²) in [7, 11) is 0. The van der Waals surface area contributed by atoms with E-state index < -0.39 is 4.92 Å². The Bertz CT molecular complexity index is 496. The summed E-state index contributed by atoms with van der Waals surface area (Å²) >= 11 is 0. The van der Waals surface area contributed by atoms with Crippen molar-refractivity contribution in [2.24, 2.45) is 11.0 Å². The van der Waals surface area contributed by atoms with Gasteiger partial charge in [-0.25, -0.2) is 0 Å². The lowest BCUT2D eigenvalue weighted by Crippen LogP contribution is -2.20. The lowest BCUT2D eigenvalue weighted by atomic mass is 9.89. The van der Waals surface area contributed by atoms with Crippen molar-refractivity contribution in [2.45, 2.75) is 32.1 Å². The third-order valence-electron chi connectivity index (χ3n) is 3.62. The van der Waals surface area contributed by atoms with Gasteiger partial charge < -0.3 is 10.5 Å². The highest BCUT2D eigenvalue weighted by Gasteiger charge is 2.12. The molecule has 6 nitrogen and oxygen atoms in total. The highest BCUT2D eigenvalue weighted by atomic mass is 16.6. The maximum absolute atomic E-state index is 10.7. The molecule has 108 valence electrons. The molecule has 2 rings (SSSR count). The zero-order valence-corrected chi connectivity index (χ0v) is 11.3. The molecule has 0 bridgehead atoms. The first-order valence-electron chi connectivity index (χ1n) is 6.90. The Hall–Kier alpha value is -2.11.